The number of anilines is 1. The van der Waals surface area contributed by atoms with Crippen LogP contribution < -0.4 is 10.1 Å². The fourth-order valence-electron chi connectivity index (χ4n) is 2.88. The molecule has 0 spiro atoms. The van der Waals surface area contributed by atoms with Gasteiger partial charge in [0, 0.05) is 17.1 Å². The molecule has 144 valence electrons. The first kappa shape index (κ1) is 19.7. The Morgan fingerprint density at radius 2 is 1.93 bits per heavy atom. The van der Waals surface area contributed by atoms with Gasteiger partial charge in [-0.2, -0.15) is 10.2 Å². The number of nitrogens with one attached hydrogen (secondary N) is 1. The first-order chi connectivity index (χ1) is 13.5. The molecular weight excluding hydrogens is 376 g/mol. The molecule has 1 unspecified atom stereocenters. The van der Waals surface area contributed by atoms with Gasteiger partial charge < -0.3 is 19.4 Å². The molecule has 0 amide bonds. The van der Waals surface area contributed by atoms with Crippen LogP contribution in [-0.2, 0) is 0 Å². The Morgan fingerprint density at radius 1 is 1.21 bits per heavy atom. The maximum atomic E-state index is 9.43. The van der Waals surface area contributed by atoms with Gasteiger partial charge in [0.2, 0.25) is 17.5 Å². The smallest absolute Gasteiger partial charge is 0.232 e. The lowest BCUT2D eigenvalue weighted by atomic mass is 10.1. The Labute approximate surface area is 169 Å². The third-order valence-corrected chi connectivity index (χ3v) is 4.76. The molecule has 1 heterocycles. The van der Waals surface area contributed by atoms with Gasteiger partial charge in [0.1, 0.15) is 11.8 Å². The summed E-state index contributed by atoms with van der Waals surface area (Å²) >= 11 is 6.36. The van der Waals surface area contributed by atoms with Gasteiger partial charge in [-0.3, -0.25) is 0 Å². The average Bonchev–Trinajstić information content (AvgIpc) is 3.12. The zero-order valence-electron chi connectivity index (χ0n) is 15.9. The van der Waals surface area contributed by atoms with Gasteiger partial charge >= 0.3 is 0 Å². The van der Waals surface area contributed by atoms with Crippen molar-refractivity contribution < 1.29 is 9.15 Å². The number of nitriles is 1. The number of halogens is 1. The number of oxazole rings is 1. The predicted octanol–water partition coefficient (Wildman–Crippen LogP) is 4.59. The van der Waals surface area contributed by atoms with Gasteiger partial charge in [-0.1, -0.05) is 29.8 Å². The van der Waals surface area contributed by atoms with Crippen molar-refractivity contribution in [1.82, 2.24) is 9.88 Å². The first-order valence-corrected chi connectivity index (χ1v) is 9.11. The van der Waals surface area contributed by atoms with Gasteiger partial charge in [0.25, 0.3) is 0 Å². The minimum Gasteiger partial charge on any atom is -0.497 e. The third kappa shape index (κ3) is 4.28. The van der Waals surface area contributed by atoms with E-state index in [1.54, 1.807) is 7.11 Å². The molecule has 28 heavy (non-hydrogen) atoms. The normalized spacial score (nSPS) is 11.9. The van der Waals surface area contributed by atoms with E-state index in [0.29, 0.717) is 23.3 Å². The van der Waals surface area contributed by atoms with E-state index in [4.69, 9.17) is 20.8 Å². The van der Waals surface area contributed by atoms with Gasteiger partial charge in [0.15, 0.2) is 0 Å². The summed E-state index contributed by atoms with van der Waals surface area (Å²) in [6.45, 7) is 0.503. The van der Waals surface area contributed by atoms with Crippen molar-refractivity contribution in [2.45, 2.75) is 6.04 Å². The van der Waals surface area contributed by atoms with Crippen molar-refractivity contribution in [1.29, 1.82) is 5.26 Å². The number of aromatic nitrogens is 1. The summed E-state index contributed by atoms with van der Waals surface area (Å²) in [5.74, 6) is 1.45. The van der Waals surface area contributed by atoms with Gasteiger partial charge in [-0.25, -0.2) is 0 Å². The van der Waals surface area contributed by atoms with Crippen LogP contribution in [-0.4, -0.2) is 37.6 Å². The maximum absolute atomic E-state index is 9.43. The van der Waals surface area contributed by atoms with Crippen LogP contribution in [0.15, 0.2) is 52.9 Å². The zero-order valence-corrected chi connectivity index (χ0v) is 16.7. The average molecular weight is 397 g/mol. The lowest BCUT2D eigenvalue weighted by Crippen LogP contribution is -2.27. The highest BCUT2D eigenvalue weighted by Gasteiger charge is 2.20. The number of rotatable bonds is 7. The highest BCUT2D eigenvalue weighted by Crippen LogP contribution is 2.29. The van der Waals surface area contributed by atoms with Crippen molar-refractivity contribution in [3.8, 4) is 23.3 Å². The number of likely N-dealkylation sites (N-methyl/N-ethyl adjacent to an activating group) is 1. The molecule has 0 saturated carbocycles. The summed E-state index contributed by atoms with van der Waals surface area (Å²) in [4.78, 5) is 6.35. The molecule has 1 atom stereocenters. The van der Waals surface area contributed by atoms with Crippen LogP contribution in [0.25, 0.3) is 11.5 Å². The molecule has 0 radical (unpaired) electrons. The van der Waals surface area contributed by atoms with E-state index >= 15 is 0 Å². The largest absolute Gasteiger partial charge is 0.497 e. The standard InChI is InChI=1S/C21H21ClN4O2/c1-26(2)19(16-6-4-5-7-17(16)22)13-24-21-18(12-23)25-20(28-21)14-8-10-15(27-3)11-9-14/h4-11,19,24H,13H2,1-3H3. The lowest BCUT2D eigenvalue weighted by Gasteiger charge is -2.25. The Balaban J connectivity index is 1.82. The third-order valence-electron chi connectivity index (χ3n) is 4.41. The van der Waals surface area contributed by atoms with E-state index in [9.17, 15) is 5.26 Å². The summed E-state index contributed by atoms with van der Waals surface area (Å²) in [5, 5.41) is 13.3. The summed E-state index contributed by atoms with van der Waals surface area (Å²) in [7, 11) is 5.56. The molecule has 1 N–H and O–H groups in total. The summed E-state index contributed by atoms with van der Waals surface area (Å²) < 4.78 is 11.0. The monoisotopic (exact) mass is 396 g/mol. The topological polar surface area (TPSA) is 74.3 Å². The van der Waals surface area contributed by atoms with E-state index in [-0.39, 0.29) is 11.7 Å². The van der Waals surface area contributed by atoms with Crippen LogP contribution in [0.3, 0.4) is 0 Å². The van der Waals surface area contributed by atoms with Crippen LogP contribution in [0, 0.1) is 11.3 Å². The quantitative estimate of drug-likeness (QED) is 0.629. The lowest BCUT2D eigenvalue weighted by molar-refractivity contribution is 0.310. The number of methoxy groups -OCH3 is 1. The molecule has 7 heteroatoms. The highest BCUT2D eigenvalue weighted by molar-refractivity contribution is 6.31. The molecule has 1 aromatic heterocycles. The predicted molar refractivity (Wildman–Crippen MR) is 110 cm³/mol. The Hall–Kier alpha value is -3.01. The minimum absolute atomic E-state index is 0.00483. The molecule has 0 bridgehead atoms. The molecule has 0 aliphatic carbocycles. The number of benzene rings is 2. The van der Waals surface area contributed by atoms with E-state index in [2.05, 4.69) is 21.3 Å². The number of nitrogens with zero attached hydrogens (tertiary/aromatic N) is 3. The molecule has 0 aliphatic heterocycles. The second-order valence-electron chi connectivity index (χ2n) is 6.42. The van der Waals surface area contributed by atoms with E-state index in [0.717, 1.165) is 16.9 Å². The van der Waals surface area contributed by atoms with Crippen molar-refractivity contribution in [3.63, 3.8) is 0 Å². The first-order valence-electron chi connectivity index (χ1n) is 8.73. The van der Waals surface area contributed by atoms with Crippen molar-refractivity contribution >= 4 is 17.5 Å². The summed E-state index contributed by atoms with van der Waals surface area (Å²) in [6.07, 6.45) is 0. The van der Waals surface area contributed by atoms with Crippen molar-refractivity contribution in [3.05, 3.63) is 64.8 Å². The number of hydrogen-bond acceptors (Lipinski definition) is 6. The molecule has 0 saturated heterocycles. The molecule has 0 aliphatic rings. The van der Waals surface area contributed by atoms with Crippen LogP contribution in [0.2, 0.25) is 5.02 Å². The highest BCUT2D eigenvalue weighted by atomic mass is 35.5. The SMILES string of the molecule is COc1ccc(-c2nc(C#N)c(NCC(c3ccccc3Cl)N(C)C)o2)cc1. The molecule has 0 fully saturated rings. The maximum Gasteiger partial charge on any atom is 0.232 e. The molecule has 3 aromatic rings. The Bertz CT molecular complexity index is 977. The van der Waals surface area contributed by atoms with Crippen LogP contribution in [0.1, 0.15) is 17.3 Å². The Morgan fingerprint density at radius 3 is 2.54 bits per heavy atom. The zero-order chi connectivity index (χ0) is 20.1. The van der Waals surface area contributed by atoms with Crippen molar-refractivity contribution in [2.24, 2.45) is 0 Å². The number of ether oxygens (including phenoxy) is 1. The second-order valence-corrected chi connectivity index (χ2v) is 6.83. The fourth-order valence-corrected chi connectivity index (χ4v) is 3.14. The molecule has 2 aromatic carbocycles. The Kier molecular flexibility index (Phi) is 6.19. The second kappa shape index (κ2) is 8.79. The summed E-state index contributed by atoms with van der Waals surface area (Å²) in [5.41, 5.74) is 1.97. The molecule has 3 rings (SSSR count). The van der Waals surface area contributed by atoms with Gasteiger partial charge in [-0.05, 0) is 50.0 Å². The fraction of sp³-hybridized carbons (Fsp3) is 0.238. The van der Waals surface area contributed by atoms with Crippen LogP contribution in [0.4, 0.5) is 5.88 Å². The van der Waals surface area contributed by atoms with Gasteiger partial charge in [0.05, 0.1) is 13.2 Å². The minimum atomic E-state index is -0.00483. The van der Waals surface area contributed by atoms with E-state index in [1.165, 1.54) is 0 Å². The summed E-state index contributed by atoms with van der Waals surface area (Å²) in [6, 6.07) is 17.1. The molecule has 6 nitrogen and oxygen atoms in total. The van der Waals surface area contributed by atoms with E-state index in [1.807, 2.05) is 62.6 Å². The molecular formula is C21H21ClN4O2. The number of hydrogen-bond donors (Lipinski definition) is 1. The van der Waals surface area contributed by atoms with E-state index < -0.39 is 0 Å². The van der Waals surface area contributed by atoms with Crippen molar-refractivity contribution in [2.75, 3.05) is 33.1 Å². The van der Waals surface area contributed by atoms with Crippen LogP contribution in [0.5, 0.6) is 5.75 Å². The van der Waals surface area contributed by atoms with Gasteiger partial charge in [-0.15, -0.1) is 0 Å². The van der Waals surface area contributed by atoms with Crippen LogP contribution >= 0.6 is 11.6 Å².